The molecule has 0 atom stereocenters. The molecule has 2 aromatic carbocycles. The third-order valence-electron chi connectivity index (χ3n) is 3.97. The van der Waals surface area contributed by atoms with Gasteiger partial charge in [0.15, 0.2) is 10.3 Å². The van der Waals surface area contributed by atoms with Gasteiger partial charge in [0.05, 0.1) is 17.6 Å². The molecule has 2 heterocycles. The Labute approximate surface area is 189 Å². The molecule has 0 aliphatic carbocycles. The molecule has 1 amide bonds. The van der Waals surface area contributed by atoms with E-state index in [2.05, 4.69) is 31.2 Å². The molecule has 5 nitrogen and oxygen atoms in total. The third-order valence-corrected chi connectivity index (χ3v) is 6.39. The normalized spacial score (nSPS) is 10.8. The summed E-state index contributed by atoms with van der Waals surface area (Å²) in [5.41, 5.74) is 2.88. The minimum atomic E-state index is -0.124. The summed E-state index contributed by atoms with van der Waals surface area (Å²) in [6.07, 6.45) is 3.48. The van der Waals surface area contributed by atoms with Gasteiger partial charge in [0.2, 0.25) is 5.91 Å². The summed E-state index contributed by atoms with van der Waals surface area (Å²) in [5, 5.41) is 6.59. The number of hydrogen-bond acceptors (Lipinski definition) is 5. The molecule has 9 heteroatoms. The highest BCUT2D eigenvalue weighted by atomic mass is 79.9. The summed E-state index contributed by atoms with van der Waals surface area (Å²) in [5.74, 6) is 0.102. The summed E-state index contributed by atoms with van der Waals surface area (Å²) >= 11 is 12.3. The van der Waals surface area contributed by atoms with Gasteiger partial charge in [0.1, 0.15) is 0 Å². The Balaban J connectivity index is 1.63. The topological polar surface area (TPSA) is 59.8 Å². The molecule has 2 aromatic heterocycles. The van der Waals surface area contributed by atoms with Crippen LogP contribution in [-0.2, 0) is 4.79 Å². The Morgan fingerprint density at radius 2 is 1.90 bits per heavy atom. The monoisotopic (exact) mass is 504 g/mol. The van der Waals surface area contributed by atoms with Crippen LogP contribution in [0.3, 0.4) is 0 Å². The molecule has 1 N–H and O–H groups in total. The maximum atomic E-state index is 12.3. The fourth-order valence-electron chi connectivity index (χ4n) is 2.67. The highest BCUT2D eigenvalue weighted by Crippen LogP contribution is 2.31. The summed E-state index contributed by atoms with van der Waals surface area (Å²) in [7, 11) is 0. The number of halogens is 2. The number of carbonyl (C=O) groups is 1. The van der Waals surface area contributed by atoms with Gasteiger partial charge >= 0.3 is 0 Å². The van der Waals surface area contributed by atoms with Crippen LogP contribution in [0.15, 0.2) is 75.9 Å². The summed E-state index contributed by atoms with van der Waals surface area (Å²) < 4.78 is 3.04. The number of nitrogens with zero attached hydrogens (tertiary/aromatic N) is 3. The molecule has 0 aliphatic rings. The maximum absolute atomic E-state index is 12.3. The molecular weight excluding hydrogens is 492 g/mol. The largest absolute Gasteiger partial charge is 0.301 e. The van der Waals surface area contributed by atoms with Crippen molar-refractivity contribution in [3.8, 4) is 16.9 Å². The highest BCUT2D eigenvalue weighted by Gasteiger charge is 2.16. The number of nitrogens with one attached hydrogen (secondary N) is 1. The number of aromatic nitrogens is 3. The molecule has 0 fully saturated rings. The number of amides is 1. The van der Waals surface area contributed by atoms with Gasteiger partial charge < -0.3 is 5.32 Å². The first-order chi connectivity index (χ1) is 14.1. The van der Waals surface area contributed by atoms with Gasteiger partial charge in [-0.15, -0.1) is 11.3 Å². The fraction of sp³-hybridized carbons (Fsp3) is 0.0500. The van der Waals surface area contributed by atoms with E-state index in [9.17, 15) is 4.79 Å². The van der Waals surface area contributed by atoms with E-state index in [-0.39, 0.29) is 11.7 Å². The van der Waals surface area contributed by atoms with Crippen LogP contribution >= 0.6 is 50.6 Å². The van der Waals surface area contributed by atoms with Crippen molar-refractivity contribution < 1.29 is 4.79 Å². The van der Waals surface area contributed by atoms with Crippen LogP contribution in [-0.4, -0.2) is 26.2 Å². The minimum absolute atomic E-state index is 0.124. The predicted molar refractivity (Wildman–Crippen MR) is 123 cm³/mol. The second-order valence-electron chi connectivity index (χ2n) is 5.92. The molecule has 146 valence electrons. The number of thiazole rings is 1. The van der Waals surface area contributed by atoms with E-state index in [0.29, 0.717) is 10.2 Å². The molecule has 0 spiro atoms. The maximum Gasteiger partial charge on any atom is 0.236 e. The van der Waals surface area contributed by atoms with Crippen molar-refractivity contribution >= 4 is 61.7 Å². The van der Waals surface area contributed by atoms with Crippen LogP contribution in [0.1, 0.15) is 0 Å². The average Bonchev–Trinajstić information content (AvgIpc) is 3.37. The smallest absolute Gasteiger partial charge is 0.236 e. The zero-order chi connectivity index (χ0) is 20.2. The molecule has 29 heavy (non-hydrogen) atoms. The van der Waals surface area contributed by atoms with Crippen LogP contribution < -0.4 is 5.32 Å². The van der Waals surface area contributed by atoms with Gasteiger partial charge in [-0.25, -0.2) is 9.97 Å². The Hall–Kier alpha value is -2.13. The van der Waals surface area contributed by atoms with E-state index < -0.39 is 0 Å². The van der Waals surface area contributed by atoms with E-state index in [4.69, 9.17) is 11.6 Å². The van der Waals surface area contributed by atoms with Crippen LogP contribution in [0.4, 0.5) is 5.13 Å². The Morgan fingerprint density at radius 1 is 1.14 bits per heavy atom. The van der Waals surface area contributed by atoms with Gasteiger partial charge in [-0.2, -0.15) is 0 Å². The lowest BCUT2D eigenvalue weighted by Crippen LogP contribution is -2.14. The summed E-state index contributed by atoms with van der Waals surface area (Å²) in [6.45, 7) is 0. The molecule has 0 saturated carbocycles. The highest BCUT2D eigenvalue weighted by molar-refractivity contribution is 9.10. The van der Waals surface area contributed by atoms with Gasteiger partial charge in [0.25, 0.3) is 0 Å². The van der Waals surface area contributed by atoms with Crippen LogP contribution in [0.25, 0.3) is 16.9 Å². The summed E-state index contributed by atoms with van der Waals surface area (Å²) in [4.78, 5) is 20.9. The second kappa shape index (κ2) is 9.13. The van der Waals surface area contributed by atoms with E-state index >= 15 is 0 Å². The van der Waals surface area contributed by atoms with Gasteiger partial charge in [-0.05, 0) is 36.4 Å². The van der Waals surface area contributed by atoms with Crippen molar-refractivity contribution in [1.82, 2.24) is 14.5 Å². The minimum Gasteiger partial charge on any atom is -0.301 e. The lowest BCUT2D eigenvalue weighted by atomic mass is 10.1. The van der Waals surface area contributed by atoms with E-state index in [1.54, 1.807) is 6.20 Å². The predicted octanol–water partition coefficient (Wildman–Crippen LogP) is 6.14. The van der Waals surface area contributed by atoms with Crippen molar-refractivity contribution in [2.24, 2.45) is 0 Å². The first-order valence-corrected chi connectivity index (χ1v) is 11.6. The second-order valence-corrected chi connectivity index (χ2v) is 9.11. The molecule has 0 unspecified atom stereocenters. The lowest BCUT2D eigenvalue weighted by molar-refractivity contribution is -0.113. The van der Waals surface area contributed by atoms with E-state index in [0.717, 1.165) is 26.6 Å². The molecular formula is C20H14BrClN4OS2. The zero-order valence-electron chi connectivity index (χ0n) is 14.9. The summed E-state index contributed by atoms with van der Waals surface area (Å²) in [6, 6.07) is 15.6. The quantitative estimate of drug-likeness (QED) is 0.320. The molecule has 4 aromatic rings. The van der Waals surface area contributed by atoms with Gasteiger partial charge in [-0.1, -0.05) is 51.4 Å². The zero-order valence-corrected chi connectivity index (χ0v) is 18.9. The molecule has 0 saturated heterocycles. The molecule has 0 radical (unpaired) electrons. The van der Waals surface area contributed by atoms with Crippen molar-refractivity contribution in [1.29, 1.82) is 0 Å². The Bertz CT molecular complexity index is 1110. The van der Waals surface area contributed by atoms with Crippen LogP contribution in [0, 0.1) is 0 Å². The molecule has 0 bridgehead atoms. The van der Waals surface area contributed by atoms with Gasteiger partial charge in [0, 0.05) is 32.3 Å². The number of imidazole rings is 1. The van der Waals surface area contributed by atoms with Crippen molar-refractivity contribution in [3.63, 3.8) is 0 Å². The van der Waals surface area contributed by atoms with Crippen LogP contribution in [0.2, 0.25) is 5.02 Å². The number of hydrogen-bond donors (Lipinski definition) is 1. The van der Waals surface area contributed by atoms with Crippen molar-refractivity contribution in [2.45, 2.75) is 5.16 Å². The number of thioether (sulfide) groups is 1. The Kier molecular flexibility index (Phi) is 6.34. The SMILES string of the molecule is O=C(CSc1ncc(-c2ccc(Br)cc2)n1-c1ccc(Cl)cc1)Nc1nccs1. The van der Waals surface area contributed by atoms with Crippen molar-refractivity contribution in [3.05, 3.63) is 75.8 Å². The number of anilines is 1. The number of rotatable bonds is 6. The fourth-order valence-corrected chi connectivity index (χ4v) is 4.40. The third kappa shape index (κ3) is 4.90. The number of benzene rings is 2. The number of carbonyl (C=O) groups excluding carboxylic acids is 1. The molecule has 4 rings (SSSR count). The van der Waals surface area contributed by atoms with Crippen molar-refractivity contribution in [2.75, 3.05) is 11.1 Å². The molecule has 0 aliphatic heterocycles. The van der Waals surface area contributed by atoms with Crippen LogP contribution in [0.5, 0.6) is 0 Å². The lowest BCUT2D eigenvalue weighted by Gasteiger charge is -2.12. The average molecular weight is 506 g/mol. The van der Waals surface area contributed by atoms with E-state index in [1.165, 1.54) is 23.1 Å². The first-order valence-electron chi connectivity index (χ1n) is 8.52. The van der Waals surface area contributed by atoms with Gasteiger partial charge in [-0.3, -0.25) is 9.36 Å². The van der Waals surface area contributed by atoms with E-state index in [1.807, 2.05) is 64.7 Å². The Morgan fingerprint density at radius 3 is 2.59 bits per heavy atom. The standard InChI is InChI=1S/C20H14BrClN4OS2/c21-14-3-1-13(2-4-14)17-11-24-20(26(17)16-7-5-15(22)6-8-16)29-12-18(27)25-19-23-9-10-28-19/h1-11H,12H2,(H,23,25,27). The first kappa shape index (κ1) is 20.2.